The van der Waals surface area contributed by atoms with Crippen LogP contribution in [-0.4, -0.2) is 24.5 Å². The fraction of sp³-hybridized carbons (Fsp3) is 0.222. The smallest absolute Gasteiger partial charge is 0.255 e. The number of benzene rings is 2. The van der Waals surface area contributed by atoms with Crippen LogP contribution >= 0.6 is 0 Å². The molecule has 0 bridgehead atoms. The van der Waals surface area contributed by atoms with E-state index in [1.807, 2.05) is 0 Å². The van der Waals surface area contributed by atoms with Crippen LogP contribution in [0.1, 0.15) is 23.2 Å². The minimum absolute atomic E-state index is 0.163. The first-order valence-corrected chi connectivity index (χ1v) is 7.71. The van der Waals surface area contributed by atoms with Crippen LogP contribution in [0.3, 0.4) is 0 Å². The number of hydrogen-bond donors (Lipinski definition) is 2. The first-order valence-electron chi connectivity index (χ1n) is 7.71. The van der Waals surface area contributed by atoms with Crippen molar-refractivity contribution >= 4 is 23.2 Å². The second-order valence-corrected chi connectivity index (χ2v) is 5.53. The zero-order valence-electron chi connectivity index (χ0n) is 12.9. The molecule has 0 aliphatic carbocycles. The van der Waals surface area contributed by atoms with Gasteiger partial charge in [0.05, 0.1) is 0 Å². The molecule has 0 spiro atoms. The Balaban J connectivity index is 1.60. The van der Waals surface area contributed by atoms with Gasteiger partial charge in [-0.05, 0) is 55.3 Å². The van der Waals surface area contributed by atoms with Crippen LogP contribution in [0.15, 0.2) is 48.5 Å². The molecule has 1 unspecified atom stereocenters. The number of ether oxygens (including phenoxy) is 1. The van der Waals surface area contributed by atoms with E-state index in [4.69, 9.17) is 4.74 Å². The Kier molecular flexibility index (Phi) is 4.86. The highest BCUT2D eigenvalue weighted by atomic mass is 19.1. The summed E-state index contributed by atoms with van der Waals surface area (Å²) in [6.07, 6.45) is 1.23. The second-order valence-electron chi connectivity index (χ2n) is 5.53. The molecule has 1 heterocycles. The number of nitrogens with one attached hydrogen (secondary N) is 2. The van der Waals surface area contributed by atoms with Crippen molar-refractivity contribution in [3.05, 3.63) is 59.9 Å². The van der Waals surface area contributed by atoms with Crippen LogP contribution < -0.4 is 10.6 Å². The van der Waals surface area contributed by atoms with Crippen molar-refractivity contribution in [1.29, 1.82) is 0 Å². The van der Waals surface area contributed by atoms with Crippen molar-refractivity contribution in [3.8, 4) is 0 Å². The van der Waals surface area contributed by atoms with Crippen LogP contribution in [-0.2, 0) is 9.53 Å². The van der Waals surface area contributed by atoms with E-state index in [0.717, 1.165) is 12.8 Å². The maximum absolute atomic E-state index is 13.1. The van der Waals surface area contributed by atoms with Gasteiger partial charge in [-0.2, -0.15) is 0 Å². The lowest BCUT2D eigenvalue weighted by molar-refractivity contribution is -0.124. The van der Waals surface area contributed by atoms with Gasteiger partial charge in [0.1, 0.15) is 11.9 Å². The van der Waals surface area contributed by atoms with Crippen LogP contribution in [0.4, 0.5) is 15.8 Å². The van der Waals surface area contributed by atoms with E-state index in [1.54, 1.807) is 24.3 Å². The third kappa shape index (κ3) is 3.97. The van der Waals surface area contributed by atoms with E-state index in [9.17, 15) is 14.0 Å². The topological polar surface area (TPSA) is 67.4 Å². The molecule has 5 nitrogen and oxygen atoms in total. The Hall–Kier alpha value is -2.73. The zero-order chi connectivity index (χ0) is 16.9. The molecule has 1 saturated heterocycles. The summed E-state index contributed by atoms with van der Waals surface area (Å²) in [5, 5.41) is 5.46. The molecule has 1 aliphatic heterocycles. The highest BCUT2D eigenvalue weighted by molar-refractivity contribution is 6.04. The summed E-state index contributed by atoms with van der Waals surface area (Å²) < 4.78 is 18.5. The molecular weight excluding hydrogens is 311 g/mol. The standard InChI is InChI=1S/C18H17FN2O3/c19-13-4-1-3-12(11-13)17(22)20-14-6-8-15(9-7-14)21-18(23)16-5-2-10-24-16/h1,3-4,6-9,11,16H,2,5,10H2,(H,20,22)(H,21,23). The second kappa shape index (κ2) is 7.23. The van der Waals surface area contributed by atoms with Crippen molar-refractivity contribution in [3.63, 3.8) is 0 Å². The van der Waals surface area contributed by atoms with Crippen molar-refractivity contribution in [2.24, 2.45) is 0 Å². The molecule has 1 fully saturated rings. The number of carbonyl (C=O) groups is 2. The molecular formula is C18H17FN2O3. The fourth-order valence-electron chi connectivity index (χ4n) is 2.48. The molecule has 0 aromatic heterocycles. The van der Waals surface area contributed by atoms with Gasteiger partial charge in [0.2, 0.25) is 0 Å². The van der Waals surface area contributed by atoms with Gasteiger partial charge in [-0.3, -0.25) is 9.59 Å². The van der Waals surface area contributed by atoms with Gasteiger partial charge in [-0.25, -0.2) is 4.39 Å². The summed E-state index contributed by atoms with van der Waals surface area (Å²) in [4.78, 5) is 24.0. The Labute approximate surface area is 138 Å². The maximum Gasteiger partial charge on any atom is 0.255 e. The fourth-order valence-corrected chi connectivity index (χ4v) is 2.48. The molecule has 2 amide bonds. The van der Waals surface area contributed by atoms with Crippen LogP contribution in [0.2, 0.25) is 0 Å². The predicted octanol–water partition coefficient (Wildman–Crippen LogP) is 3.20. The Morgan fingerprint density at radius 3 is 2.38 bits per heavy atom. The third-order valence-electron chi connectivity index (χ3n) is 3.72. The number of anilines is 2. The number of hydrogen-bond acceptors (Lipinski definition) is 3. The van der Waals surface area contributed by atoms with Gasteiger partial charge in [-0.15, -0.1) is 0 Å². The van der Waals surface area contributed by atoms with Crippen molar-refractivity contribution < 1.29 is 18.7 Å². The minimum atomic E-state index is -0.463. The predicted molar refractivity (Wildman–Crippen MR) is 88.4 cm³/mol. The number of carbonyl (C=O) groups excluding carboxylic acids is 2. The monoisotopic (exact) mass is 328 g/mol. The lowest BCUT2D eigenvalue weighted by Gasteiger charge is -2.11. The number of halogens is 1. The normalized spacial score (nSPS) is 16.6. The third-order valence-corrected chi connectivity index (χ3v) is 3.72. The first-order chi connectivity index (χ1) is 11.6. The molecule has 2 aromatic carbocycles. The number of amides is 2. The van der Waals surface area contributed by atoms with Gasteiger partial charge >= 0.3 is 0 Å². The number of rotatable bonds is 4. The van der Waals surface area contributed by atoms with Crippen LogP contribution in [0.25, 0.3) is 0 Å². The molecule has 0 saturated carbocycles. The summed E-state index contributed by atoms with van der Waals surface area (Å²) in [6, 6.07) is 12.2. The molecule has 2 N–H and O–H groups in total. The molecule has 2 aromatic rings. The van der Waals surface area contributed by atoms with Crippen LogP contribution in [0, 0.1) is 5.82 Å². The SMILES string of the molecule is O=C(Nc1ccc(NC(=O)C2CCCO2)cc1)c1cccc(F)c1. The quantitative estimate of drug-likeness (QED) is 0.906. The van der Waals surface area contributed by atoms with Gasteiger partial charge in [0.15, 0.2) is 0 Å². The van der Waals surface area contributed by atoms with E-state index < -0.39 is 17.8 Å². The summed E-state index contributed by atoms with van der Waals surface area (Å²) in [5.41, 5.74) is 1.42. The maximum atomic E-state index is 13.1. The summed E-state index contributed by atoms with van der Waals surface area (Å²) >= 11 is 0. The van der Waals surface area contributed by atoms with Gasteiger partial charge in [0, 0.05) is 23.5 Å². The van der Waals surface area contributed by atoms with Gasteiger partial charge in [0.25, 0.3) is 11.8 Å². The first kappa shape index (κ1) is 16.1. The van der Waals surface area contributed by atoms with E-state index in [2.05, 4.69) is 10.6 Å². The summed E-state index contributed by atoms with van der Waals surface area (Å²) in [7, 11) is 0. The molecule has 1 atom stereocenters. The lowest BCUT2D eigenvalue weighted by Crippen LogP contribution is -2.26. The van der Waals surface area contributed by atoms with E-state index in [0.29, 0.717) is 18.0 Å². The summed E-state index contributed by atoms with van der Waals surface area (Å²) in [6.45, 7) is 0.614. The zero-order valence-corrected chi connectivity index (χ0v) is 12.9. The minimum Gasteiger partial charge on any atom is -0.368 e. The molecule has 6 heteroatoms. The average molecular weight is 328 g/mol. The van der Waals surface area contributed by atoms with Crippen molar-refractivity contribution in [1.82, 2.24) is 0 Å². The van der Waals surface area contributed by atoms with E-state index in [1.165, 1.54) is 24.3 Å². The van der Waals surface area contributed by atoms with E-state index in [-0.39, 0.29) is 11.5 Å². The average Bonchev–Trinajstić information content (AvgIpc) is 3.11. The molecule has 1 aliphatic rings. The highest BCUT2D eigenvalue weighted by Crippen LogP contribution is 2.18. The Morgan fingerprint density at radius 1 is 1.04 bits per heavy atom. The van der Waals surface area contributed by atoms with Gasteiger partial charge < -0.3 is 15.4 Å². The van der Waals surface area contributed by atoms with E-state index >= 15 is 0 Å². The van der Waals surface area contributed by atoms with Crippen molar-refractivity contribution in [2.45, 2.75) is 18.9 Å². The largest absolute Gasteiger partial charge is 0.368 e. The van der Waals surface area contributed by atoms with Crippen molar-refractivity contribution in [2.75, 3.05) is 17.2 Å². The summed E-state index contributed by atoms with van der Waals surface area (Å²) in [5.74, 6) is -1.02. The Morgan fingerprint density at radius 2 is 1.75 bits per heavy atom. The molecule has 24 heavy (non-hydrogen) atoms. The lowest BCUT2D eigenvalue weighted by atomic mass is 10.2. The molecule has 3 rings (SSSR count). The Bertz CT molecular complexity index is 740. The van der Waals surface area contributed by atoms with Crippen LogP contribution in [0.5, 0.6) is 0 Å². The van der Waals surface area contributed by atoms with Gasteiger partial charge in [-0.1, -0.05) is 6.07 Å². The molecule has 124 valence electrons. The highest BCUT2D eigenvalue weighted by Gasteiger charge is 2.23. The molecule has 0 radical (unpaired) electrons.